The number of hydrogen-bond donors (Lipinski definition) is 1. The van der Waals surface area contributed by atoms with E-state index in [4.69, 9.17) is 21.7 Å². The smallest absolute Gasteiger partial charge is 0.174 e. The van der Waals surface area contributed by atoms with E-state index < -0.39 is 0 Å². The highest BCUT2D eigenvalue weighted by Gasteiger charge is 2.42. The van der Waals surface area contributed by atoms with Crippen LogP contribution in [-0.2, 0) is 0 Å². The van der Waals surface area contributed by atoms with E-state index in [0.29, 0.717) is 5.11 Å². The number of anilines is 1. The lowest BCUT2D eigenvalue weighted by Crippen LogP contribution is -2.29. The molecule has 0 radical (unpaired) electrons. The Kier molecular flexibility index (Phi) is 6.17. The second kappa shape index (κ2) is 9.43. The third kappa shape index (κ3) is 4.12. The van der Waals surface area contributed by atoms with Gasteiger partial charge in [-0.3, -0.25) is 4.98 Å². The maximum atomic E-state index is 5.88. The molecule has 0 unspecified atom stereocenters. The van der Waals surface area contributed by atoms with Gasteiger partial charge < -0.3 is 24.3 Å². The van der Waals surface area contributed by atoms with Crippen molar-refractivity contribution in [3.05, 3.63) is 102 Å². The Morgan fingerprint density at radius 3 is 2.06 bits per heavy atom. The van der Waals surface area contributed by atoms with Crippen molar-refractivity contribution in [3.8, 4) is 17.2 Å². The fourth-order valence-corrected chi connectivity index (χ4v) is 5.25. The van der Waals surface area contributed by atoms with Crippen molar-refractivity contribution in [1.29, 1.82) is 0 Å². The van der Waals surface area contributed by atoms with Crippen molar-refractivity contribution in [1.82, 2.24) is 14.9 Å². The van der Waals surface area contributed by atoms with Crippen LogP contribution in [-0.4, -0.2) is 28.9 Å². The molecule has 0 aliphatic carbocycles. The van der Waals surface area contributed by atoms with Gasteiger partial charge in [0.15, 0.2) is 5.11 Å². The largest absolute Gasteiger partial charge is 0.497 e. The Balaban J connectivity index is 1.64. The van der Waals surface area contributed by atoms with Gasteiger partial charge in [0.05, 0.1) is 32.0 Å². The first-order valence-corrected chi connectivity index (χ1v) is 11.9. The molecule has 5 rings (SSSR count). The molecule has 7 heteroatoms. The number of thiocarbonyl (C=S) groups is 1. The SMILES string of the molecule is COc1ccc(N2C(=S)N[C@H](c3ccccn3)[C@H]2c2cc(C)n(-c3ccc(OC)cc3)c2C)cc1. The highest BCUT2D eigenvalue weighted by Crippen LogP contribution is 2.44. The number of rotatable bonds is 6. The van der Waals surface area contributed by atoms with E-state index in [2.05, 4.69) is 51.8 Å². The first kappa shape index (κ1) is 22.9. The summed E-state index contributed by atoms with van der Waals surface area (Å²) in [5.74, 6) is 1.64. The van der Waals surface area contributed by atoms with Gasteiger partial charge in [-0.05, 0) is 98.4 Å². The van der Waals surface area contributed by atoms with Crippen LogP contribution in [0, 0.1) is 13.8 Å². The van der Waals surface area contributed by atoms with E-state index in [-0.39, 0.29) is 12.1 Å². The van der Waals surface area contributed by atoms with Crippen LogP contribution in [0.15, 0.2) is 79.0 Å². The molecule has 1 aliphatic heterocycles. The topological polar surface area (TPSA) is 51.5 Å². The van der Waals surface area contributed by atoms with Crippen LogP contribution in [0.2, 0.25) is 0 Å². The number of pyridine rings is 1. The number of benzene rings is 2. The predicted octanol–water partition coefficient (Wildman–Crippen LogP) is 5.68. The van der Waals surface area contributed by atoms with Gasteiger partial charge in [-0.1, -0.05) is 6.07 Å². The number of aryl methyl sites for hydroxylation is 1. The van der Waals surface area contributed by atoms with Crippen LogP contribution in [0.1, 0.15) is 34.7 Å². The van der Waals surface area contributed by atoms with Crippen LogP contribution < -0.4 is 19.7 Å². The molecular weight excluding hydrogens is 456 g/mol. The molecule has 178 valence electrons. The summed E-state index contributed by atoms with van der Waals surface area (Å²) >= 11 is 5.88. The van der Waals surface area contributed by atoms with Gasteiger partial charge in [-0.2, -0.15) is 0 Å². The van der Waals surface area contributed by atoms with Crippen molar-refractivity contribution in [2.24, 2.45) is 0 Å². The monoisotopic (exact) mass is 484 g/mol. The number of nitrogens with zero attached hydrogens (tertiary/aromatic N) is 3. The van der Waals surface area contributed by atoms with Crippen molar-refractivity contribution >= 4 is 23.0 Å². The summed E-state index contributed by atoms with van der Waals surface area (Å²) < 4.78 is 13.0. The van der Waals surface area contributed by atoms with Crippen LogP contribution in [0.25, 0.3) is 5.69 Å². The van der Waals surface area contributed by atoms with E-state index in [1.807, 2.05) is 60.8 Å². The number of ether oxygens (including phenoxy) is 2. The fraction of sp³-hybridized carbons (Fsp3) is 0.214. The molecule has 1 fully saturated rings. The lowest BCUT2D eigenvalue weighted by molar-refractivity contribution is 0.414. The van der Waals surface area contributed by atoms with Gasteiger partial charge in [-0.25, -0.2) is 0 Å². The molecule has 35 heavy (non-hydrogen) atoms. The van der Waals surface area contributed by atoms with Crippen LogP contribution in [0.5, 0.6) is 11.5 Å². The van der Waals surface area contributed by atoms with Crippen molar-refractivity contribution < 1.29 is 9.47 Å². The molecule has 0 bridgehead atoms. The molecule has 1 saturated heterocycles. The number of hydrogen-bond acceptors (Lipinski definition) is 4. The molecule has 2 aromatic carbocycles. The summed E-state index contributed by atoms with van der Waals surface area (Å²) in [5, 5.41) is 4.22. The van der Waals surface area contributed by atoms with Crippen molar-refractivity contribution in [2.75, 3.05) is 19.1 Å². The standard InChI is InChI=1S/C28H28N4O2S/c1-18-17-24(19(2)31(18)20-8-12-22(33-3)13-9-20)27-26(25-7-5-6-16-29-25)30-28(35)32(27)21-10-14-23(34-4)15-11-21/h5-17,26-27H,1-4H3,(H,30,35)/t26-,27-/m1/s1. The Labute approximate surface area is 211 Å². The molecule has 1 N–H and O–H groups in total. The lowest BCUT2D eigenvalue weighted by Gasteiger charge is -2.28. The highest BCUT2D eigenvalue weighted by atomic mass is 32.1. The maximum absolute atomic E-state index is 5.88. The average Bonchev–Trinajstić information content (AvgIpc) is 3.39. The number of aromatic nitrogens is 2. The third-order valence-corrected chi connectivity index (χ3v) is 6.88. The zero-order chi connectivity index (χ0) is 24.5. The summed E-state index contributed by atoms with van der Waals surface area (Å²) in [6, 6.07) is 24.2. The van der Waals surface area contributed by atoms with E-state index in [1.54, 1.807) is 14.2 Å². The van der Waals surface area contributed by atoms with E-state index in [0.717, 1.165) is 40.0 Å². The summed E-state index contributed by atoms with van der Waals surface area (Å²) in [5.41, 5.74) is 6.53. The lowest BCUT2D eigenvalue weighted by atomic mass is 9.96. The molecule has 4 aromatic rings. The van der Waals surface area contributed by atoms with Crippen LogP contribution in [0.3, 0.4) is 0 Å². The third-order valence-electron chi connectivity index (χ3n) is 6.57. The van der Waals surface area contributed by atoms with Crippen LogP contribution >= 0.6 is 12.2 Å². The Morgan fingerprint density at radius 2 is 1.49 bits per heavy atom. The minimum absolute atomic E-state index is 0.0796. The molecule has 1 aliphatic rings. The van der Waals surface area contributed by atoms with Crippen LogP contribution in [0.4, 0.5) is 5.69 Å². The summed E-state index contributed by atoms with van der Waals surface area (Å²) in [6.07, 6.45) is 1.83. The zero-order valence-electron chi connectivity index (χ0n) is 20.2. The quantitative estimate of drug-likeness (QED) is 0.355. The molecule has 6 nitrogen and oxygen atoms in total. The number of methoxy groups -OCH3 is 2. The van der Waals surface area contributed by atoms with E-state index >= 15 is 0 Å². The number of nitrogens with one attached hydrogen (secondary N) is 1. The first-order valence-electron chi connectivity index (χ1n) is 11.5. The zero-order valence-corrected chi connectivity index (χ0v) is 21.0. The Hall–Kier alpha value is -3.84. The van der Waals surface area contributed by atoms with Gasteiger partial charge in [0.25, 0.3) is 0 Å². The van der Waals surface area contributed by atoms with Crippen molar-refractivity contribution in [2.45, 2.75) is 25.9 Å². The maximum Gasteiger partial charge on any atom is 0.174 e. The molecule has 0 spiro atoms. The average molecular weight is 485 g/mol. The second-order valence-corrected chi connectivity index (χ2v) is 8.94. The molecule has 0 amide bonds. The van der Waals surface area contributed by atoms with Gasteiger partial charge in [0, 0.05) is 29.0 Å². The second-order valence-electron chi connectivity index (χ2n) is 8.55. The van der Waals surface area contributed by atoms with E-state index in [1.165, 1.54) is 5.56 Å². The Bertz CT molecular complexity index is 1330. The summed E-state index contributed by atoms with van der Waals surface area (Å²) in [7, 11) is 3.35. The van der Waals surface area contributed by atoms with Crippen molar-refractivity contribution in [3.63, 3.8) is 0 Å². The molecule has 3 heterocycles. The molecular formula is C28H28N4O2S. The van der Waals surface area contributed by atoms with Gasteiger partial charge >= 0.3 is 0 Å². The molecule has 2 atom stereocenters. The highest BCUT2D eigenvalue weighted by molar-refractivity contribution is 7.80. The van der Waals surface area contributed by atoms with Gasteiger partial charge in [-0.15, -0.1) is 0 Å². The van der Waals surface area contributed by atoms with Gasteiger partial charge in [0.2, 0.25) is 0 Å². The van der Waals surface area contributed by atoms with E-state index in [9.17, 15) is 0 Å². The first-order chi connectivity index (χ1) is 17.0. The summed E-state index contributed by atoms with van der Waals surface area (Å²) in [6.45, 7) is 4.30. The molecule has 2 aromatic heterocycles. The minimum atomic E-state index is -0.101. The normalized spacial score (nSPS) is 17.4. The fourth-order valence-electron chi connectivity index (χ4n) is 4.91. The predicted molar refractivity (Wildman–Crippen MR) is 143 cm³/mol. The Morgan fingerprint density at radius 1 is 0.857 bits per heavy atom. The summed E-state index contributed by atoms with van der Waals surface area (Å²) in [4.78, 5) is 6.86. The van der Waals surface area contributed by atoms with Gasteiger partial charge in [0.1, 0.15) is 11.5 Å². The molecule has 0 saturated carbocycles. The minimum Gasteiger partial charge on any atom is -0.497 e.